The summed E-state index contributed by atoms with van der Waals surface area (Å²) in [5.41, 5.74) is -1.27. The van der Waals surface area contributed by atoms with Gasteiger partial charge in [-0.1, -0.05) is 36.4 Å². The van der Waals surface area contributed by atoms with E-state index in [2.05, 4.69) is 9.71 Å². The Labute approximate surface area is 190 Å². The van der Waals surface area contributed by atoms with Crippen LogP contribution in [-0.4, -0.2) is 26.5 Å². The first-order valence-corrected chi connectivity index (χ1v) is 11.7. The first kappa shape index (κ1) is 22.7. The molecule has 0 aliphatic heterocycles. The van der Waals surface area contributed by atoms with E-state index in [0.29, 0.717) is 0 Å². The van der Waals surface area contributed by atoms with Gasteiger partial charge in [0.1, 0.15) is 9.90 Å². The molecule has 0 aliphatic carbocycles. The second-order valence-electron chi connectivity index (χ2n) is 6.83. The number of benzene rings is 2. The van der Waals surface area contributed by atoms with Gasteiger partial charge in [0, 0.05) is 5.39 Å². The molecule has 4 aromatic rings. The fourth-order valence-corrected chi connectivity index (χ4v) is 5.40. The van der Waals surface area contributed by atoms with Gasteiger partial charge >= 0.3 is 12.1 Å². The molecular formula is C22H15F3N2O4S2. The van der Waals surface area contributed by atoms with Crippen LogP contribution < -0.4 is 4.72 Å². The first-order chi connectivity index (χ1) is 15.6. The summed E-state index contributed by atoms with van der Waals surface area (Å²) in [5.74, 6) is -0.876. The van der Waals surface area contributed by atoms with Crippen molar-refractivity contribution in [2.24, 2.45) is 0 Å². The number of alkyl halides is 3. The van der Waals surface area contributed by atoms with Gasteiger partial charge in [-0.15, -0.1) is 11.3 Å². The normalized spacial score (nSPS) is 12.0. The number of methoxy groups -OCH3 is 1. The largest absolute Gasteiger partial charge is 0.464 e. The summed E-state index contributed by atoms with van der Waals surface area (Å²) in [5, 5.41) is 1.82. The molecule has 0 saturated heterocycles. The van der Waals surface area contributed by atoms with Crippen LogP contribution in [-0.2, 0) is 20.9 Å². The van der Waals surface area contributed by atoms with Crippen LogP contribution in [0.2, 0.25) is 0 Å². The second-order valence-corrected chi connectivity index (χ2v) is 9.69. The average Bonchev–Trinajstić information content (AvgIpc) is 3.33. The predicted molar refractivity (Wildman–Crippen MR) is 119 cm³/mol. The van der Waals surface area contributed by atoms with Gasteiger partial charge in [0.15, 0.2) is 0 Å². The van der Waals surface area contributed by atoms with Crippen molar-refractivity contribution in [3.05, 3.63) is 77.3 Å². The number of aromatic nitrogens is 1. The minimum Gasteiger partial charge on any atom is -0.464 e. The molecule has 2 heterocycles. The third kappa shape index (κ3) is 4.41. The summed E-state index contributed by atoms with van der Waals surface area (Å²) in [4.78, 5) is 16.5. The van der Waals surface area contributed by atoms with E-state index in [1.807, 2.05) is 0 Å². The summed E-state index contributed by atoms with van der Waals surface area (Å²) in [6.45, 7) is 0. The number of esters is 1. The van der Waals surface area contributed by atoms with E-state index in [0.717, 1.165) is 24.5 Å². The van der Waals surface area contributed by atoms with Crippen molar-refractivity contribution in [1.29, 1.82) is 0 Å². The number of fused-ring (bicyclic) bond motifs is 1. The van der Waals surface area contributed by atoms with Crippen molar-refractivity contribution in [2.75, 3.05) is 11.8 Å². The van der Waals surface area contributed by atoms with Crippen molar-refractivity contribution < 1.29 is 31.1 Å². The van der Waals surface area contributed by atoms with Gasteiger partial charge in [-0.25, -0.2) is 18.2 Å². The lowest BCUT2D eigenvalue weighted by molar-refractivity contribution is -0.137. The van der Waals surface area contributed by atoms with Gasteiger partial charge in [-0.05, 0) is 40.8 Å². The highest BCUT2D eigenvalue weighted by Crippen LogP contribution is 2.40. The molecule has 0 saturated carbocycles. The molecular weight excluding hydrogens is 477 g/mol. The molecule has 0 bridgehead atoms. The predicted octanol–water partition coefficient (Wildman–Crippen LogP) is 5.57. The SMILES string of the molecule is COC(=O)c1cc(-c2ccccc2C(F)(F)F)c2cccc(NS(=O)(=O)c3cccs3)c2n1. The highest BCUT2D eigenvalue weighted by molar-refractivity contribution is 7.94. The van der Waals surface area contributed by atoms with Crippen LogP contribution in [0.3, 0.4) is 0 Å². The molecule has 2 aromatic carbocycles. The number of hydrogen-bond acceptors (Lipinski definition) is 6. The maximum Gasteiger partial charge on any atom is 0.417 e. The van der Waals surface area contributed by atoms with Crippen molar-refractivity contribution in [1.82, 2.24) is 4.98 Å². The van der Waals surface area contributed by atoms with Gasteiger partial charge in [0.2, 0.25) is 0 Å². The molecule has 11 heteroatoms. The number of para-hydroxylation sites is 1. The lowest BCUT2D eigenvalue weighted by Gasteiger charge is -2.17. The van der Waals surface area contributed by atoms with Crippen LogP contribution in [0.4, 0.5) is 18.9 Å². The van der Waals surface area contributed by atoms with Crippen molar-refractivity contribution >= 4 is 43.9 Å². The fraction of sp³-hybridized carbons (Fsp3) is 0.0909. The Balaban J connectivity index is 2.00. The van der Waals surface area contributed by atoms with Crippen LogP contribution in [0, 0.1) is 0 Å². The van der Waals surface area contributed by atoms with E-state index in [9.17, 15) is 26.4 Å². The van der Waals surface area contributed by atoms with Crippen molar-refractivity contribution in [3.8, 4) is 11.1 Å². The molecule has 4 rings (SSSR count). The Bertz CT molecular complexity index is 1450. The first-order valence-electron chi connectivity index (χ1n) is 9.37. The standard InChI is InChI=1S/C22H15F3N2O4S2/c1-31-21(28)18-12-15(13-6-2-3-8-16(13)22(23,24)25)14-7-4-9-17(20(14)26-18)27-33(29,30)19-10-5-11-32-19/h2-12,27H,1H3. The van der Waals surface area contributed by atoms with Gasteiger partial charge in [-0.3, -0.25) is 4.72 Å². The lowest BCUT2D eigenvalue weighted by Crippen LogP contribution is -2.13. The third-order valence-electron chi connectivity index (χ3n) is 4.76. The quantitative estimate of drug-likeness (QED) is 0.368. The number of nitrogens with one attached hydrogen (secondary N) is 1. The van der Waals surface area contributed by atoms with Gasteiger partial charge in [-0.2, -0.15) is 13.2 Å². The van der Waals surface area contributed by atoms with Gasteiger partial charge < -0.3 is 4.74 Å². The molecule has 33 heavy (non-hydrogen) atoms. The fourth-order valence-electron chi connectivity index (χ4n) is 3.34. The van der Waals surface area contributed by atoms with Crippen LogP contribution in [0.1, 0.15) is 16.1 Å². The third-order valence-corrected chi connectivity index (χ3v) is 7.52. The highest BCUT2D eigenvalue weighted by atomic mass is 32.2. The minimum absolute atomic E-state index is 0.00695. The molecule has 0 atom stereocenters. The second kappa shape index (κ2) is 8.49. The van der Waals surface area contributed by atoms with E-state index in [-0.39, 0.29) is 37.6 Å². The maximum atomic E-state index is 13.7. The molecule has 0 unspecified atom stereocenters. The monoisotopic (exact) mass is 492 g/mol. The molecule has 0 radical (unpaired) electrons. The van der Waals surface area contributed by atoms with E-state index in [1.54, 1.807) is 11.4 Å². The highest BCUT2D eigenvalue weighted by Gasteiger charge is 2.34. The van der Waals surface area contributed by atoms with E-state index < -0.39 is 27.7 Å². The number of rotatable bonds is 5. The molecule has 0 fully saturated rings. The number of pyridine rings is 1. The van der Waals surface area contributed by atoms with E-state index in [4.69, 9.17) is 4.74 Å². The van der Waals surface area contributed by atoms with E-state index >= 15 is 0 Å². The van der Waals surface area contributed by atoms with Crippen LogP contribution >= 0.6 is 11.3 Å². The summed E-state index contributed by atoms with van der Waals surface area (Å²) < 4.78 is 73.8. The van der Waals surface area contributed by atoms with Crippen molar-refractivity contribution in [2.45, 2.75) is 10.4 Å². The molecule has 6 nitrogen and oxygen atoms in total. The lowest BCUT2D eigenvalue weighted by atomic mass is 9.95. The number of carbonyl (C=O) groups excluding carboxylic acids is 1. The van der Waals surface area contributed by atoms with Crippen LogP contribution in [0.15, 0.2) is 70.3 Å². The zero-order valence-corrected chi connectivity index (χ0v) is 18.5. The molecule has 0 aliphatic rings. The zero-order valence-electron chi connectivity index (χ0n) is 16.9. The Morgan fingerprint density at radius 2 is 1.79 bits per heavy atom. The molecule has 2 aromatic heterocycles. The number of carbonyl (C=O) groups is 1. The number of halogens is 3. The Morgan fingerprint density at radius 3 is 2.45 bits per heavy atom. The number of nitrogens with zero attached hydrogens (tertiary/aromatic N) is 1. The summed E-state index contributed by atoms with van der Waals surface area (Å²) >= 11 is 1.00. The molecule has 170 valence electrons. The Kier molecular flexibility index (Phi) is 5.85. The number of anilines is 1. The van der Waals surface area contributed by atoms with Crippen molar-refractivity contribution in [3.63, 3.8) is 0 Å². The zero-order chi connectivity index (χ0) is 23.8. The number of hydrogen-bond donors (Lipinski definition) is 1. The maximum absolute atomic E-state index is 13.7. The Hall–Kier alpha value is -3.44. The number of sulfonamides is 1. The topological polar surface area (TPSA) is 85.4 Å². The molecule has 0 spiro atoms. The summed E-state index contributed by atoms with van der Waals surface area (Å²) in [6.07, 6.45) is -4.66. The molecule has 1 N–H and O–H groups in total. The van der Waals surface area contributed by atoms with E-state index in [1.165, 1.54) is 48.5 Å². The van der Waals surface area contributed by atoms with Gasteiger partial charge in [0.05, 0.1) is 23.9 Å². The van der Waals surface area contributed by atoms with Crippen LogP contribution in [0.5, 0.6) is 0 Å². The number of thiophene rings is 1. The van der Waals surface area contributed by atoms with Crippen LogP contribution in [0.25, 0.3) is 22.0 Å². The average molecular weight is 493 g/mol. The Morgan fingerprint density at radius 1 is 1.03 bits per heavy atom. The summed E-state index contributed by atoms with van der Waals surface area (Å²) in [6, 6.07) is 13.5. The minimum atomic E-state index is -4.66. The number of ether oxygens (including phenoxy) is 1. The smallest absolute Gasteiger partial charge is 0.417 e. The summed E-state index contributed by atoms with van der Waals surface area (Å²) in [7, 11) is -2.86. The van der Waals surface area contributed by atoms with Gasteiger partial charge in [0.25, 0.3) is 10.0 Å². The molecule has 0 amide bonds.